The fourth-order valence-electron chi connectivity index (χ4n) is 2.96. The minimum Gasteiger partial charge on any atom is -0.459 e. The van der Waals surface area contributed by atoms with E-state index in [1.165, 1.54) is 23.2 Å². The van der Waals surface area contributed by atoms with Gasteiger partial charge in [0.1, 0.15) is 0 Å². The van der Waals surface area contributed by atoms with Crippen LogP contribution in [0.3, 0.4) is 0 Å². The van der Waals surface area contributed by atoms with Gasteiger partial charge in [0.2, 0.25) is 5.91 Å². The number of aryl methyl sites for hydroxylation is 2. The molecule has 0 aliphatic heterocycles. The molecule has 0 fully saturated rings. The second kappa shape index (κ2) is 10.0. The summed E-state index contributed by atoms with van der Waals surface area (Å²) in [5, 5.41) is 6.18. The third-order valence-corrected chi connectivity index (χ3v) is 5.31. The molecule has 2 heterocycles. The summed E-state index contributed by atoms with van der Waals surface area (Å²) >= 11 is 1.47. The molecule has 2 amide bonds. The molecule has 0 atom stereocenters. The average Bonchev–Trinajstić information content (AvgIpc) is 3.36. The van der Waals surface area contributed by atoms with Crippen LogP contribution >= 0.6 is 11.3 Å². The Morgan fingerprint density at radius 3 is 2.66 bits per heavy atom. The SMILES string of the molecule is CCCc1ccc(-c2nc(NC(=O)CCCNC(=O)c3ccco3)sc2C)cc1. The van der Waals surface area contributed by atoms with Gasteiger partial charge in [-0.25, -0.2) is 4.98 Å². The lowest BCUT2D eigenvalue weighted by Crippen LogP contribution is -2.25. The second-order valence-electron chi connectivity index (χ2n) is 6.76. The van der Waals surface area contributed by atoms with Gasteiger partial charge >= 0.3 is 0 Å². The first kappa shape index (κ1) is 20.8. The molecular weight excluding hydrogens is 386 g/mol. The Bertz CT molecular complexity index is 946. The minimum absolute atomic E-state index is 0.115. The Balaban J connectivity index is 1.48. The molecule has 0 aliphatic carbocycles. The summed E-state index contributed by atoms with van der Waals surface area (Å²) in [5.41, 5.74) is 3.27. The van der Waals surface area contributed by atoms with Crippen molar-refractivity contribution < 1.29 is 14.0 Å². The molecule has 29 heavy (non-hydrogen) atoms. The summed E-state index contributed by atoms with van der Waals surface area (Å²) in [7, 11) is 0. The molecular formula is C22H25N3O3S. The van der Waals surface area contributed by atoms with Gasteiger partial charge in [0.05, 0.1) is 12.0 Å². The van der Waals surface area contributed by atoms with E-state index >= 15 is 0 Å². The van der Waals surface area contributed by atoms with Crippen molar-refractivity contribution >= 4 is 28.3 Å². The van der Waals surface area contributed by atoms with Crippen molar-refractivity contribution in [3.8, 4) is 11.3 Å². The Hall–Kier alpha value is -2.93. The molecule has 1 aromatic carbocycles. The maximum absolute atomic E-state index is 12.2. The highest BCUT2D eigenvalue weighted by Crippen LogP contribution is 2.30. The molecule has 3 aromatic rings. The van der Waals surface area contributed by atoms with Gasteiger partial charge in [0.25, 0.3) is 5.91 Å². The summed E-state index contributed by atoms with van der Waals surface area (Å²) in [6, 6.07) is 11.7. The Kier molecular flexibility index (Phi) is 7.19. The largest absolute Gasteiger partial charge is 0.459 e. The lowest BCUT2D eigenvalue weighted by Gasteiger charge is -2.04. The predicted molar refractivity (Wildman–Crippen MR) is 115 cm³/mol. The van der Waals surface area contributed by atoms with Crippen molar-refractivity contribution in [3.05, 3.63) is 58.9 Å². The zero-order valence-corrected chi connectivity index (χ0v) is 17.5. The molecule has 7 heteroatoms. The number of carbonyl (C=O) groups excluding carboxylic acids is 2. The van der Waals surface area contributed by atoms with E-state index in [0.717, 1.165) is 29.0 Å². The summed E-state index contributed by atoms with van der Waals surface area (Å²) in [4.78, 5) is 29.6. The van der Waals surface area contributed by atoms with Gasteiger partial charge in [-0.05, 0) is 37.5 Å². The number of nitrogens with zero attached hydrogens (tertiary/aromatic N) is 1. The van der Waals surface area contributed by atoms with E-state index < -0.39 is 0 Å². The van der Waals surface area contributed by atoms with Crippen LogP contribution in [0.4, 0.5) is 5.13 Å². The van der Waals surface area contributed by atoms with Gasteiger partial charge in [-0.15, -0.1) is 11.3 Å². The first-order chi connectivity index (χ1) is 14.1. The Morgan fingerprint density at radius 2 is 1.97 bits per heavy atom. The predicted octanol–water partition coefficient (Wildman–Crippen LogP) is 4.81. The van der Waals surface area contributed by atoms with Crippen molar-refractivity contribution in [2.75, 3.05) is 11.9 Å². The van der Waals surface area contributed by atoms with Crippen molar-refractivity contribution in [1.82, 2.24) is 10.3 Å². The highest BCUT2D eigenvalue weighted by Gasteiger charge is 2.13. The zero-order chi connectivity index (χ0) is 20.6. The monoisotopic (exact) mass is 411 g/mol. The number of anilines is 1. The molecule has 0 saturated carbocycles. The van der Waals surface area contributed by atoms with Crippen LogP contribution in [0.25, 0.3) is 11.3 Å². The molecule has 152 valence electrons. The Morgan fingerprint density at radius 1 is 1.17 bits per heavy atom. The van der Waals surface area contributed by atoms with Crippen LogP contribution in [0.1, 0.15) is 47.2 Å². The highest BCUT2D eigenvalue weighted by atomic mass is 32.1. The topological polar surface area (TPSA) is 84.2 Å². The van der Waals surface area contributed by atoms with E-state index in [0.29, 0.717) is 24.5 Å². The molecule has 6 nitrogen and oxygen atoms in total. The number of hydrogen-bond donors (Lipinski definition) is 2. The summed E-state index contributed by atoms with van der Waals surface area (Å²) in [6.07, 6.45) is 4.48. The quantitative estimate of drug-likeness (QED) is 0.495. The van der Waals surface area contributed by atoms with Crippen LogP contribution in [-0.4, -0.2) is 23.3 Å². The van der Waals surface area contributed by atoms with E-state index in [1.807, 2.05) is 6.92 Å². The van der Waals surface area contributed by atoms with Crippen LogP contribution in [0.15, 0.2) is 47.1 Å². The van der Waals surface area contributed by atoms with Crippen molar-refractivity contribution in [2.24, 2.45) is 0 Å². The molecule has 3 rings (SSSR count). The van der Waals surface area contributed by atoms with Crippen molar-refractivity contribution in [2.45, 2.75) is 39.5 Å². The molecule has 2 aromatic heterocycles. The van der Waals surface area contributed by atoms with Crippen LogP contribution in [0, 0.1) is 6.92 Å². The standard InChI is InChI=1S/C22H25N3O3S/c1-3-6-16-9-11-17(12-10-16)20-15(2)29-22(25-20)24-19(26)8-4-13-23-21(27)18-7-5-14-28-18/h5,7,9-12,14H,3-4,6,8,13H2,1-2H3,(H,23,27)(H,24,25,26). The van der Waals surface area contributed by atoms with Crippen LogP contribution in [0.2, 0.25) is 0 Å². The highest BCUT2D eigenvalue weighted by molar-refractivity contribution is 7.16. The van der Waals surface area contributed by atoms with Gasteiger partial charge in [0.15, 0.2) is 10.9 Å². The van der Waals surface area contributed by atoms with Crippen molar-refractivity contribution in [3.63, 3.8) is 0 Å². The molecule has 0 unspecified atom stereocenters. The van der Waals surface area contributed by atoms with E-state index in [2.05, 4.69) is 46.8 Å². The van der Waals surface area contributed by atoms with Crippen molar-refractivity contribution in [1.29, 1.82) is 0 Å². The number of thiazole rings is 1. The molecule has 0 aliphatic rings. The van der Waals surface area contributed by atoms with Crippen LogP contribution in [0.5, 0.6) is 0 Å². The number of aromatic nitrogens is 1. The van der Waals surface area contributed by atoms with E-state index in [9.17, 15) is 9.59 Å². The second-order valence-corrected chi connectivity index (χ2v) is 7.96. The summed E-state index contributed by atoms with van der Waals surface area (Å²) in [6.45, 7) is 4.58. The smallest absolute Gasteiger partial charge is 0.286 e. The zero-order valence-electron chi connectivity index (χ0n) is 16.7. The maximum Gasteiger partial charge on any atom is 0.286 e. The molecule has 0 bridgehead atoms. The van der Waals surface area contributed by atoms with Gasteiger partial charge < -0.3 is 15.1 Å². The van der Waals surface area contributed by atoms with Gasteiger partial charge in [-0.2, -0.15) is 0 Å². The summed E-state index contributed by atoms with van der Waals surface area (Å²) < 4.78 is 5.02. The normalized spacial score (nSPS) is 10.7. The number of amides is 2. The molecule has 0 saturated heterocycles. The summed E-state index contributed by atoms with van der Waals surface area (Å²) in [5.74, 6) is -0.126. The number of nitrogens with one attached hydrogen (secondary N) is 2. The average molecular weight is 412 g/mol. The lowest BCUT2D eigenvalue weighted by molar-refractivity contribution is -0.116. The van der Waals surface area contributed by atoms with E-state index in [4.69, 9.17) is 4.42 Å². The third kappa shape index (κ3) is 5.77. The van der Waals surface area contributed by atoms with Gasteiger partial charge in [-0.1, -0.05) is 37.6 Å². The third-order valence-electron chi connectivity index (χ3n) is 4.42. The van der Waals surface area contributed by atoms with E-state index in [-0.39, 0.29) is 17.6 Å². The van der Waals surface area contributed by atoms with Crippen LogP contribution < -0.4 is 10.6 Å². The number of carbonyl (C=O) groups is 2. The van der Waals surface area contributed by atoms with Gasteiger partial charge in [-0.3, -0.25) is 9.59 Å². The molecule has 0 spiro atoms. The number of hydrogen-bond acceptors (Lipinski definition) is 5. The van der Waals surface area contributed by atoms with Gasteiger partial charge in [0, 0.05) is 23.4 Å². The van der Waals surface area contributed by atoms with Crippen LogP contribution in [-0.2, 0) is 11.2 Å². The number of furan rings is 1. The molecule has 2 N–H and O–H groups in total. The fraction of sp³-hybridized carbons (Fsp3) is 0.318. The lowest BCUT2D eigenvalue weighted by atomic mass is 10.1. The van der Waals surface area contributed by atoms with E-state index in [1.54, 1.807) is 12.1 Å². The maximum atomic E-state index is 12.2. The number of rotatable bonds is 9. The minimum atomic E-state index is -0.277. The fourth-order valence-corrected chi connectivity index (χ4v) is 3.82. The first-order valence-corrected chi connectivity index (χ1v) is 10.6. The number of benzene rings is 1. The first-order valence-electron chi connectivity index (χ1n) is 9.75. The Labute approximate surface area is 174 Å². The molecule has 0 radical (unpaired) electrons.